The van der Waals surface area contributed by atoms with Crippen LogP contribution in [0.2, 0.25) is 0 Å². The first-order valence-electron chi connectivity index (χ1n) is 7.02. The molecule has 0 aromatic heterocycles. The van der Waals surface area contributed by atoms with Crippen molar-refractivity contribution in [3.63, 3.8) is 0 Å². The van der Waals surface area contributed by atoms with E-state index in [-0.39, 0.29) is 0 Å². The Kier molecular flexibility index (Phi) is 7.53. The van der Waals surface area contributed by atoms with Crippen molar-refractivity contribution in [3.05, 3.63) is 36.2 Å². The zero-order chi connectivity index (χ0) is 12.3. The van der Waals surface area contributed by atoms with Gasteiger partial charge in [-0.1, -0.05) is 70.1 Å². The second-order valence-electron chi connectivity index (χ2n) is 4.74. The van der Waals surface area contributed by atoms with Gasteiger partial charge in [0.2, 0.25) is 0 Å². The lowest BCUT2D eigenvalue weighted by Crippen LogP contribution is -1.92. The summed E-state index contributed by atoms with van der Waals surface area (Å²) in [6, 6.07) is 8.10. The van der Waals surface area contributed by atoms with Gasteiger partial charge in [0.15, 0.2) is 0 Å². The largest absolute Gasteiger partial charge is 0.398 e. The number of rotatable bonds is 9. The standard InChI is InChI=1S/C16H26N/c1-2-3-4-5-6-7-8-9-12-15-13-10-11-14-16(15)17/h10-14H,2-9,17H2,1H3. The lowest BCUT2D eigenvalue weighted by atomic mass is 10.0. The average molecular weight is 232 g/mol. The van der Waals surface area contributed by atoms with Crippen LogP contribution in [0.3, 0.4) is 0 Å². The highest BCUT2D eigenvalue weighted by Gasteiger charge is 1.98. The van der Waals surface area contributed by atoms with Crippen LogP contribution in [0.1, 0.15) is 63.9 Å². The van der Waals surface area contributed by atoms with E-state index in [9.17, 15) is 0 Å². The fraction of sp³-hybridized carbons (Fsp3) is 0.562. The van der Waals surface area contributed by atoms with Crippen molar-refractivity contribution in [3.8, 4) is 0 Å². The van der Waals surface area contributed by atoms with Crippen LogP contribution in [0.25, 0.3) is 0 Å². The van der Waals surface area contributed by atoms with Crippen molar-refractivity contribution < 1.29 is 0 Å². The molecular weight excluding hydrogens is 206 g/mol. The van der Waals surface area contributed by atoms with E-state index in [1.165, 1.54) is 50.5 Å². The molecule has 0 spiro atoms. The molecule has 0 fully saturated rings. The molecule has 0 heterocycles. The molecule has 1 radical (unpaired) electrons. The van der Waals surface area contributed by atoms with Gasteiger partial charge in [-0.15, -0.1) is 0 Å². The number of benzene rings is 1. The summed E-state index contributed by atoms with van der Waals surface area (Å²) in [7, 11) is 0. The summed E-state index contributed by atoms with van der Waals surface area (Å²) in [4.78, 5) is 0. The second kappa shape index (κ2) is 9.09. The van der Waals surface area contributed by atoms with Crippen LogP contribution in [0, 0.1) is 6.42 Å². The van der Waals surface area contributed by atoms with Crippen LogP contribution < -0.4 is 5.73 Å². The van der Waals surface area contributed by atoms with Gasteiger partial charge in [-0.3, -0.25) is 0 Å². The number of hydrogen-bond acceptors (Lipinski definition) is 1. The highest BCUT2D eigenvalue weighted by atomic mass is 14.6. The van der Waals surface area contributed by atoms with Gasteiger partial charge in [0.1, 0.15) is 0 Å². The van der Waals surface area contributed by atoms with E-state index in [4.69, 9.17) is 5.73 Å². The van der Waals surface area contributed by atoms with Crippen molar-refractivity contribution in [2.24, 2.45) is 0 Å². The number of nitrogens with two attached hydrogens (primary N) is 1. The van der Waals surface area contributed by atoms with Crippen molar-refractivity contribution in [1.82, 2.24) is 0 Å². The first-order chi connectivity index (χ1) is 8.34. The fourth-order valence-electron chi connectivity index (χ4n) is 2.06. The molecule has 1 nitrogen and oxygen atoms in total. The van der Waals surface area contributed by atoms with Crippen LogP contribution in [0.5, 0.6) is 0 Å². The molecule has 0 saturated carbocycles. The molecule has 95 valence electrons. The topological polar surface area (TPSA) is 26.0 Å². The summed E-state index contributed by atoms with van der Waals surface area (Å²) in [6.45, 7) is 2.26. The zero-order valence-corrected chi connectivity index (χ0v) is 11.1. The molecule has 2 N–H and O–H groups in total. The predicted octanol–water partition coefficient (Wildman–Crippen LogP) is 4.96. The lowest BCUT2D eigenvalue weighted by Gasteiger charge is -2.04. The Morgan fingerprint density at radius 1 is 0.941 bits per heavy atom. The number of unbranched alkanes of at least 4 members (excludes halogenated alkanes) is 7. The normalized spacial score (nSPS) is 10.6. The third-order valence-corrected chi connectivity index (χ3v) is 3.17. The van der Waals surface area contributed by atoms with Crippen molar-refractivity contribution >= 4 is 5.69 Å². The molecule has 0 aliphatic rings. The Morgan fingerprint density at radius 3 is 2.29 bits per heavy atom. The second-order valence-corrected chi connectivity index (χ2v) is 4.74. The van der Waals surface area contributed by atoms with Crippen LogP contribution in [-0.4, -0.2) is 0 Å². The van der Waals surface area contributed by atoms with E-state index >= 15 is 0 Å². The minimum Gasteiger partial charge on any atom is -0.398 e. The monoisotopic (exact) mass is 232 g/mol. The predicted molar refractivity (Wildman–Crippen MR) is 76.9 cm³/mol. The minimum atomic E-state index is 0.899. The third-order valence-electron chi connectivity index (χ3n) is 3.17. The molecule has 1 rings (SSSR count). The summed E-state index contributed by atoms with van der Waals surface area (Å²) in [5.74, 6) is 0. The number of hydrogen-bond donors (Lipinski definition) is 1. The molecular formula is C16H26N. The average Bonchev–Trinajstić information content (AvgIpc) is 2.35. The maximum absolute atomic E-state index is 5.89. The summed E-state index contributed by atoms with van der Waals surface area (Å²) in [6.07, 6.45) is 13.0. The first-order valence-corrected chi connectivity index (χ1v) is 7.02. The molecule has 0 bridgehead atoms. The quantitative estimate of drug-likeness (QED) is 0.472. The molecule has 0 aliphatic heterocycles. The molecule has 0 amide bonds. The van der Waals surface area contributed by atoms with E-state index in [1.54, 1.807) is 0 Å². The molecule has 0 unspecified atom stereocenters. The maximum atomic E-state index is 5.89. The summed E-state index contributed by atoms with van der Waals surface area (Å²) in [5, 5.41) is 0. The van der Waals surface area contributed by atoms with Gasteiger partial charge in [0.25, 0.3) is 0 Å². The highest BCUT2D eigenvalue weighted by molar-refractivity contribution is 5.49. The van der Waals surface area contributed by atoms with Crippen molar-refractivity contribution in [2.75, 3.05) is 5.73 Å². The Labute approximate surface area is 106 Å². The lowest BCUT2D eigenvalue weighted by molar-refractivity contribution is 0.589. The zero-order valence-electron chi connectivity index (χ0n) is 11.1. The SMILES string of the molecule is CCCCCCCCC[CH]c1ccccc1N. The Balaban J connectivity index is 1.99. The van der Waals surface area contributed by atoms with E-state index in [0.717, 1.165) is 12.1 Å². The van der Waals surface area contributed by atoms with Gasteiger partial charge in [0, 0.05) is 5.69 Å². The van der Waals surface area contributed by atoms with Gasteiger partial charge < -0.3 is 5.73 Å². The Hall–Kier alpha value is -0.980. The fourth-order valence-corrected chi connectivity index (χ4v) is 2.06. The molecule has 0 atom stereocenters. The van der Waals surface area contributed by atoms with E-state index in [1.807, 2.05) is 18.2 Å². The first kappa shape index (κ1) is 14.1. The van der Waals surface area contributed by atoms with Gasteiger partial charge in [0.05, 0.1) is 0 Å². The summed E-state index contributed by atoms with van der Waals surface area (Å²) < 4.78 is 0. The number of para-hydroxylation sites is 1. The smallest absolute Gasteiger partial charge is 0.0349 e. The minimum absolute atomic E-state index is 0.899. The Morgan fingerprint density at radius 2 is 1.59 bits per heavy atom. The summed E-state index contributed by atoms with van der Waals surface area (Å²) in [5.41, 5.74) is 7.98. The molecule has 0 aliphatic carbocycles. The molecule has 1 aromatic rings. The third kappa shape index (κ3) is 6.35. The van der Waals surface area contributed by atoms with Crippen molar-refractivity contribution in [1.29, 1.82) is 0 Å². The van der Waals surface area contributed by atoms with Crippen LogP contribution in [0.4, 0.5) is 5.69 Å². The van der Waals surface area contributed by atoms with Crippen molar-refractivity contribution in [2.45, 2.75) is 58.3 Å². The van der Waals surface area contributed by atoms with Gasteiger partial charge in [-0.2, -0.15) is 0 Å². The van der Waals surface area contributed by atoms with Gasteiger partial charge >= 0.3 is 0 Å². The van der Waals surface area contributed by atoms with Gasteiger partial charge in [-0.05, 0) is 24.5 Å². The van der Waals surface area contributed by atoms with Crippen LogP contribution in [-0.2, 0) is 0 Å². The van der Waals surface area contributed by atoms with Gasteiger partial charge in [-0.25, -0.2) is 0 Å². The maximum Gasteiger partial charge on any atom is 0.0349 e. The summed E-state index contributed by atoms with van der Waals surface area (Å²) >= 11 is 0. The van der Waals surface area contributed by atoms with E-state index in [2.05, 4.69) is 19.4 Å². The van der Waals surface area contributed by atoms with E-state index < -0.39 is 0 Å². The molecule has 1 heteroatoms. The number of anilines is 1. The van der Waals surface area contributed by atoms with E-state index in [0.29, 0.717) is 0 Å². The molecule has 1 aromatic carbocycles. The highest BCUT2D eigenvalue weighted by Crippen LogP contribution is 2.17. The Bertz CT molecular complexity index is 293. The number of nitrogen functional groups attached to an aromatic ring is 1. The molecule has 0 saturated heterocycles. The molecule has 17 heavy (non-hydrogen) atoms. The van der Waals surface area contributed by atoms with Crippen LogP contribution in [0.15, 0.2) is 24.3 Å². The van der Waals surface area contributed by atoms with Crippen LogP contribution >= 0.6 is 0 Å².